The zero-order valence-corrected chi connectivity index (χ0v) is 12.5. The van der Waals surface area contributed by atoms with Crippen LogP contribution < -0.4 is 10.6 Å². The Labute approximate surface area is 131 Å². The summed E-state index contributed by atoms with van der Waals surface area (Å²) in [6, 6.07) is 4.78. The van der Waals surface area contributed by atoms with Crippen LogP contribution in [-0.2, 0) is 15.7 Å². The van der Waals surface area contributed by atoms with E-state index in [-0.39, 0.29) is 28.7 Å². The lowest BCUT2D eigenvalue weighted by atomic mass is 9.92. The third-order valence-electron chi connectivity index (χ3n) is 4.21. The van der Waals surface area contributed by atoms with E-state index in [0.717, 1.165) is 25.1 Å². The Balaban J connectivity index is 1.95. The predicted molar refractivity (Wildman–Crippen MR) is 78.3 cm³/mol. The van der Waals surface area contributed by atoms with Gasteiger partial charge in [0.15, 0.2) is 12.0 Å². The Hall–Kier alpha value is -2.02. The lowest BCUT2D eigenvalue weighted by Gasteiger charge is -2.16. The van der Waals surface area contributed by atoms with E-state index >= 15 is 0 Å². The molecule has 124 valence electrons. The molecule has 1 aromatic rings. The van der Waals surface area contributed by atoms with E-state index in [9.17, 15) is 18.0 Å². The van der Waals surface area contributed by atoms with Gasteiger partial charge in [-0.25, -0.2) is 0 Å². The second-order valence-electron chi connectivity index (χ2n) is 5.69. The molecule has 1 saturated heterocycles. The van der Waals surface area contributed by atoms with Gasteiger partial charge in [-0.2, -0.15) is 13.2 Å². The van der Waals surface area contributed by atoms with Crippen molar-refractivity contribution >= 4 is 11.4 Å². The normalized spacial score (nSPS) is 25.0. The van der Waals surface area contributed by atoms with Gasteiger partial charge >= 0.3 is 6.18 Å². The van der Waals surface area contributed by atoms with Gasteiger partial charge in [-0.15, -0.1) is 0 Å². The van der Waals surface area contributed by atoms with E-state index in [1.807, 2.05) is 0 Å². The summed E-state index contributed by atoms with van der Waals surface area (Å²) in [5.74, 6) is 0.0164. The fourth-order valence-corrected chi connectivity index (χ4v) is 3.05. The number of carbonyl (C=O) groups excluding carboxylic acids is 1. The average Bonchev–Trinajstić information content (AvgIpc) is 3.13. The largest absolute Gasteiger partial charge is 0.467 e. The van der Waals surface area contributed by atoms with Crippen LogP contribution in [0.2, 0.25) is 0 Å². The summed E-state index contributed by atoms with van der Waals surface area (Å²) < 4.78 is 44.4. The highest BCUT2D eigenvalue weighted by atomic mass is 19.4. The number of nitrogens with one attached hydrogen (secondary N) is 2. The Morgan fingerprint density at radius 3 is 2.74 bits per heavy atom. The van der Waals surface area contributed by atoms with Crippen molar-refractivity contribution in [2.45, 2.75) is 18.7 Å². The highest BCUT2D eigenvalue weighted by Gasteiger charge is 2.42. The second-order valence-corrected chi connectivity index (χ2v) is 5.69. The number of ketones is 1. The third kappa shape index (κ3) is 2.93. The molecule has 0 bridgehead atoms. The van der Waals surface area contributed by atoms with Gasteiger partial charge in [0.25, 0.3) is 0 Å². The van der Waals surface area contributed by atoms with Crippen LogP contribution in [0, 0.1) is 5.92 Å². The van der Waals surface area contributed by atoms with Crippen LogP contribution in [0.1, 0.15) is 17.5 Å². The smallest absolute Gasteiger partial charge is 0.416 e. The fraction of sp³-hybridized carbons (Fsp3) is 0.438. The number of Topliss-reactive ketones (excluding diaryl/α,β-unsaturated/α-hetero) is 1. The van der Waals surface area contributed by atoms with E-state index in [1.165, 1.54) is 12.1 Å². The van der Waals surface area contributed by atoms with Crippen LogP contribution in [-0.4, -0.2) is 32.0 Å². The maximum Gasteiger partial charge on any atom is 0.416 e. The Kier molecular flexibility index (Phi) is 4.06. The monoisotopic (exact) mass is 326 g/mol. The molecule has 3 rings (SSSR count). The summed E-state index contributed by atoms with van der Waals surface area (Å²) in [5, 5.41) is 5.96. The van der Waals surface area contributed by atoms with Crippen molar-refractivity contribution in [3.8, 4) is 0 Å². The molecule has 2 aliphatic heterocycles. The molecule has 2 heterocycles. The van der Waals surface area contributed by atoms with Crippen molar-refractivity contribution in [3.63, 3.8) is 0 Å². The molecule has 2 atom stereocenters. The first-order chi connectivity index (χ1) is 10.9. The minimum absolute atomic E-state index is 0.0362. The van der Waals surface area contributed by atoms with Gasteiger partial charge in [-0.05, 0) is 30.7 Å². The standard InChI is InChI=1S/C16H17F3N2O2/c1-20-15-12(9-3-2-4-11(7-9)16(17,18)19)13(22)14(23-15)10-5-6-21-8-10/h2-4,7,10,14,20-21H,5-6,8H2,1H3. The highest BCUT2D eigenvalue weighted by Crippen LogP contribution is 2.36. The fourth-order valence-electron chi connectivity index (χ4n) is 3.05. The first-order valence-electron chi connectivity index (χ1n) is 7.43. The Morgan fingerprint density at radius 2 is 2.13 bits per heavy atom. The summed E-state index contributed by atoms with van der Waals surface area (Å²) in [5.41, 5.74) is -0.366. The van der Waals surface area contributed by atoms with Gasteiger partial charge in [0.05, 0.1) is 11.1 Å². The van der Waals surface area contributed by atoms with Crippen molar-refractivity contribution in [2.24, 2.45) is 5.92 Å². The predicted octanol–water partition coefficient (Wildman–Crippen LogP) is 2.17. The molecule has 2 N–H and O–H groups in total. The number of carbonyl (C=O) groups is 1. The van der Waals surface area contributed by atoms with Crippen molar-refractivity contribution < 1.29 is 22.7 Å². The van der Waals surface area contributed by atoms with Crippen LogP contribution in [0.5, 0.6) is 0 Å². The number of rotatable bonds is 3. The van der Waals surface area contributed by atoms with Crippen molar-refractivity contribution in [3.05, 3.63) is 41.3 Å². The quantitative estimate of drug-likeness (QED) is 0.894. The maximum absolute atomic E-state index is 12.9. The van der Waals surface area contributed by atoms with E-state index in [4.69, 9.17) is 4.74 Å². The van der Waals surface area contributed by atoms with Crippen molar-refractivity contribution in [1.82, 2.24) is 10.6 Å². The number of benzene rings is 1. The second kappa shape index (κ2) is 5.88. The molecule has 7 heteroatoms. The molecule has 1 fully saturated rings. The molecule has 0 aromatic heterocycles. The zero-order valence-electron chi connectivity index (χ0n) is 12.5. The zero-order chi connectivity index (χ0) is 16.6. The van der Waals surface area contributed by atoms with Gasteiger partial charge in [0.2, 0.25) is 5.78 Å². The molecule has 2 aliphatic rings. The first kappa shape index (κ1) is 15.9. The third-order valence-corrected chi connectivity index (χ3v) is 4.21. The Morgan fingerprint density at radius 1 is 1.35 bits per heavy atom. The van der Waals surface area contributed by atoms with Gasteiger partial charge < -0.3 is 15.4 Å². The van der Waals surface area contributed by atoms with Gasteiger partial charge in [0, 0.05) is 19.5 Å². The van der Waals surface area contributed by atoms with Crippen molar-refractivity contribution in [2.75, 3.05) is 20.1 Å². The molecular weight excluding hydrogens is 309 g/mol. The number of halogens is 3. The highest BCUT2D eigenvalue weighted by molar-refractivity contribution is 6.25. The van der Waals surface area contributed by atoms with E-state index < -0.39 is 17.8 Å². The summed E-state index contributed by atoms with van der Waals surface area (Å²) >= 11 is 0. The summed E-state index contributed by atoms with van der Waals surface area (Å²) in [7, 11) is 1.59. The van der Waals surface area contributed by atoms with E-state index in [2.05, 4.69) is 10.6 Å². The summed E-state index contributed by atoms with van der Waals surface area (Å²) in [6.45, 7) is 1.48. The van der Waals surface area contributed by atoms with Crippen LogP contribution in [0.3, 0.4) is 0 Å². The van der Waals surface area contributed by atoms with Crippen molar-refractivity contribution in [1.29, 1.82) is 0 Å². The molecule has 4 nitrogen and oxygen atoms in total. The molecule has 0 saturated carbocycles. The summed E-state index contributed by atoms with van der Waals surface area (Å²) in [6.07, 6.45) is -4.28. The van der Waals surface area contributed by atoms with E-state index in [1.54, 1.807) is 7.05 Å². The van der Waals surface area contributed by atoms with E-state index in [0.29, 0.717) is 6.54 Å². The minimum atomic E-state index is -4.45. The molecule has 0 amide bonds. The molecule has 0 radical (unpaired) electrons. The first-order valence-corrected chi connectivity index (χ1v) is 7.43. The number of hydrogen-bond acceptors (Lipinski definition) is 4. The van der Waals surface area contributed by atoms with Gasteiger partial charge in [0.1, 0.15) is 0 Å². The molecule has 0 aliphatic carbocycles. The molecule has 1 aromatic carbocycles. The van der Waals surface area contributed by atoms with Gasteiger partial charge in [-0.3, -0.25) is 4.79 Å². The molecule has 2 unspecified atom stereocenters. The minimum Gasteiger partial charge on any atom is -0.467 e. The number of hydrogen-bond donors (Lipinski definition) is 2. The topological polar surface area (TPSA) is 50.4 Å². The van der Waals surface area contributed by atoms with Crippen LogP contribution in [0.4, 0.5) is 13.2 Å². The Bertz CT molecular complexity index is 649. The van der Waals surface area contributed by atoms with Gasteiger partial charge in [-0.1, -0.05) is 12.1 Å². The number of alkyl halides is 3. The summed E-state index contributed by atoms with van der Waals surface area (Å²) in [4.78, 5) is 12.7. The maximum atomic E-state index is 12.9. The molecule has 0 spiro atoms. The SMILES string of the molecule is CNC1=C(c2cccc(C(F)(F)F)c2)C(=O)C(C2CCNC2)O1. The van der Waals surface area contributed by atoms with Crippen LogP contribution >= 0.6 is 0 Å². The number of ether oxygens (including phenoxy) is 1. The van der Waals surface area contributed by atoms with Crippen LogP contribution in [0.25, 0.3) is 5.57 Å². The molecule has 23 heavy (non-hydrogen) atoms. The lowest BCUT2D eigenvalue weighted by molar-refractivity contribution is -0.137. The molecular formula is C16H17F3N2O2. The lowest BCUT2D eigenvalue weighted by Crippen LogP contribution is -2.30. The van der Waals surface area contributed by atoms with Crippen LogP contribution in [0.15, 0.2) is 30.1 Å². The average molecular weight is 326 g/mol.